The largest absolute Gasteiger partial charge is 0.467 e. The Labute approximate surface area is 160 Å². The van der Waals surface area contributed by atoms with E-state index in [0.29, 0.717) is 16.5 Å². The van der Waals surface area contributed by atoms with Gasteiger partial charge in [-0.3, -0.25) is 4.79 Å². The van der Waals surface area contributed by atoms with Crippen molar-refractivity contribution in [3.63, 3.8) is 0 Å². The number of esters is 1. The summed E-state index contributed by atoms with van der Waals surface area (Å²) >= 11 is 6.06. The maximum Gasteiger partial charge on any atom is 0.328 e. The van der Waals surface area contributed by atoms with Gasteiger partial charge in [-0.1, -0.05) is 23.7 Å². The number of hydrogen-bond donors (Lipinski definition) is 0. The normalized spacial score (nSPS) is 26.1. The number of ether oxygens (including phenoxy) is 2. The minimum Gasteiger partial charge on any atom is -0.467 e. The molecule has 8 heteroatoms. The Balaban J connectivity index is 1.70. The van der Waals surface area contributed by atoms with Crippen molar-refractivity contribution in [1.29, 1.82) is 0 Å². The summed E-state index contributed by atoms with van der Waals surface area (Å²) in [5.41, 5.74) is 0. The van der Waals surface area contributed by atoms with E-state index in [1.165, 1.54) is 18.1 Å². The van der Waals surface area contributed by atoms with Gasteiger partial charge in [-0.05, 0) is 37.3 Å². The van der Waals surface area contributed by atoms with Gasteiger partial charge in [0, 0.05) is 6.08 Å². The van der Waals surface area contributed by atoms with Gasteiger partial charge < -0.3 is 14.4 Å². The Morgan fingerprint density at radius 3 is 2.59 bits per heavy atom. The SMILES string of the molecule is COC(=O)C(C[C@@H]1C[C@@H](F)[C@@H](F)C1)N1CC(Oc2ccccc2Cl)=CC1=O. The molecule has 0 aromatic heterocycles. The monoisotopic (exact) mass is 399 g/mol. The molecule has 146 valence electrons. The van der Waals surface area contributed by atoms with E-state index in [0.717, 1.165) is 0 Å². The topological polar surface area (TPSA) is 55.8 Å². The first-order valence-electron chi connectivity index (χ1n) is 8.68. The Morgan fingerprint density at radius 2 is 1.96 bits per heavy atom. The van der Waals surface area contributed by atoms with Gasteiger partial charge in [-0.25, -0.2) is 13.6 Å². The predicted molar refractivity (Wildman–Crippen MR) is 94.8 cm³/mol. The lowest BCUT2D eigenvalue weighted by Crippen LogP contribution is -2.44. The summed E-state index contributed by atoms with van der Waals surface area (Å²) in [6.45, 7) is 0.0502. The molecule has 0 saturated heterocycles. The molecule has 1 aliphatic carbocycles. The molecule has 3 rings (SSSR count). The van der Waals surface area contributed by atoms with E-state index < -0.39 is 30.3 Å². The zero-order chi connectivity index (χ0) is 19.6. The number of methoxy groups -OCH3 is 1. The highest BCUT2D eigenvalue weighted by Crippen LogP contribution is 2.35. The van der Waals surface area contributed by atoms with Gasteiger partial charge in [0.05, 0.1) is 18.7 Å². The number of nitrogens with zero attached hydrogens (tertiary/aromatic N) is 1. The summed E-state index contributed by atoms with van der Waals surface area (Å²) in [6.07, 6.45) is -1.56. The van der Waals surface area contributed by atoms with Crippen LogP contribution < -0.4 is 4.74 Å². The van der Waals surface area contributed by atoms with Crippen molar-refractivity contribution in [2.24, 2.45) is 5.92 Å². The molecule has 0 spiro atoms. The van der Waals surface area contributed by atoms with Gasteiger partial charge in [0.1, 0.15) is 29.9 Å². The predicted octanol–water partition coefficient (Wildman–Crippen LogP) is 3.46. The molecule has 1 amide bonds. The summed E-state index contributed by atoms with van der Waals surface area (Å²) in [6, 6.07) is 5.89. The summed E-state index contributed by atoms with van der Waals surface area (Å²) < 4.78 is 37.4. The zero-order valence-electron chi connectivity index (χ0n) is 14.7. The van der Waals surface area contributed by atoms with E-state index >= 15 is 0 Å². The number of amides is 1. The third-order valence-corrected chi connectivity index (χ3v) is 5.20. The van der Waals surface area contributed by atoms with Crippen molar-refractivity contribution in [2.45, 2.75) is 37.6 Å². The van der Waals surface area contributed by atoms with E-state index in [-0.39, 0.29) is 31.7 Å². The van der Waals surface area contributed by atoms with Gasteiger partial charge in [0.15, 0.2) is 0 Å². The van der Waals surface area contributed by atoms with Crippen LogP contribution in [0.4, 0.5) is 8.78 Å². The van der Waals surface area contributed by atoms with Crippen LogP contribution in [0.5, 0.6) is 5.75 Å². The number of halogens is 3. The maximum atomic E-state index is 13.5. The summed E-state index contributed by atoms with van der Waals surface area (Å²) in [5.74, 6) is -0.640. The van der Waals surface area contributed by atoms with Crippen molar-refractivity contribution in [3.05, 3.63) is 41.1 Å². The second kappa shape index (κ2) is 8.25. The fourth-order valence-corrected chi connectivity index (χ4v) is 3.70. The molecule has 1 aromatic carbocycles. The fourth-order valence-electron chi connectivity index (χ4n) is 3.53. The van der Waals surface area contributed by atoms with Crippen LogP contribution in [-0.2, 0) is 14.3 Å². The molecule has 4 atom stereocenters. The summed E-state index contributed by atoms with van der Waals surface area (Å²) in [5, 5.41) is 0.391. The van der Waals surface area contributed by atoms with Crippen LogP contribution in [-0.4, -0.2) is 48.8 Å². The number of benzene rings is 1. The number of carbonyl (C=O) groups excluding carboxylic acids is 2. The second-order valence-corrected chi connectivity index (χ2v) is 7.16. The number of hydrogen-bond acceptors (Lipinski definition) is 4. The highest BCUT2D eigenvalue weighted by Gasteiger charge is 2.41. The average molecular weight is 400 g/mol. The molecule has 1 aliphatic heterocycles. The van der Waals surface area contributed by atoms with Crippen LogP contribution in [0.15, 0.2) is 36.1 Å². The van der Waals surface area contributed by atoms with Crippen LogP contribution in [0.1, 0.15) is 19.3 Å². The highest BCUT2D eigenvalue weighted by molar-refractivity contribution is 6.32. The van der Waals surface area contributed by atoms with E-state index in [4.69, 9.17) is 21.1 Å². The molecule has 2 aliphatic rings. The second-order valence-electron chi connectivity index (χ2n) is 6.75. The van der Waals surface area contributed by atoms with Gasteiger partial charge in [-0.2, -0.15) is 0 Å². The molecule has 1 saturated carbocycles. The summed E-state index contributed by atoms with van der Waals surface area (Å²) in [7, 11) is 1.22. The van der Waals surface area contributed by atoms with Gasteiger partial charge in [-0.15, -0.1) is 0 Å². The standard InChI is InChI=1S/C19H20ClF2NO4/c1-26-19(25)16(8-11-6-14(21)15(22)7-11)23-10-12(9-18(23)24)27-17-5-3-2-4-13(17)20/h2-5,9,11,14-16H,6-8,10H2,1H3/t11-,14-,15+,16?. The third-order valence-electron chi connectivity index (χ3n) is 4.89. The quantitative estimate of drug-likeness (QED) is 0.687. The first-order valence-corrected chi connectivity index (χ1v) is 9.06. The summed E-state index contributed by atoms with van der Waals surface area (Å²) in [4.78, 5) is 25.9. The molecule has 0 radical (unpaired) electrons. The minimum atomic E-state index is -1.53. The first-order chi connectivity index (χ1) is 12.9. The zero-order valence-corrected chi connectivity index (χ0v) is 15.5. The number of carbonyl (C=O) groups is 2. The third kappa shape index (κ3) is 4.40. The number of alkyl halides is 2. The first kappa shape index (κ1) is 19.6. The van der Waals surface area contributed by atoms with Crippen molar-refractivity contribution in [1.82, 2.24) is 4.90 Å². The van der Waals surface area contributed by atoms with E-state index in [1.54, 1.807) is 24.3 Å². The molecule has 0 N–H and O–H groups in total. The lowest BCUT2D eigenvalue weighted by atomic mass is 9.97. The van der Waals surface area contributed by atoms with Crippen molar-refractivity contribution in [2.75, 3.05) is 13.7 Å². The van der Waals surface area contributed by atoms with Crippen molar-refractivity contribution in [3.8, 4) is 5.75 Å². The fraction of sp³-hybridized carbons (Fsp3) is 0.474. The van der Waals surface area contributed by atoms with Crippen molar-refractivity contribution >= 4 is 23.5 Å². The Morgan fingerprint density at radius 1 is 1.30 bits per heavy atom. The maximum absolute atomic E-state index is 13.5. The lowest BCUT2D eigenvalue weighted by Gasteiger charge is -2.27. The molecule has 1 unspecified atom stereocenters. The molecule has 1 heterocycles. The van der Waals surface area contributed by atoms with Crippen LogP contribution in [0.25, 0.3) is 0 Å². The van der Waals surface area contributed by atoms with E-state index in [1.807, 2.05) is 0 Å². The lowest BCUT2D eigenvalue weighted by molar-refractivity contribution is -0.151. The van der Waals surface area contributed by atoms with E-state index in [9.17, 15) is 18.4 Å². The van der Waals surface area contributed by atoms with Gasteiger partial charge in [0.2, 0.25) is 0 Å². The number of para-hydroxylation sites is 1. The van der Waals surface area contributed by atoms with E-state index in [2.05, 4.69) is 0 Å². The average Bonchev–Trinajstić information content (AvgIpc) is 3.15. The van der Waals surface area contributed by atoms with Crippen LogP contribution in [0, 0.1) is 5.92 Å². The van der Waals surface area contributed by atoms with Crippen LogP contribution >= 0.6 is 11.6 Å². The Hall–Kier alpha value is -2.15. The molecule has 5 nitrogen and oxygen atoms in total. The molecule has 1 aromatic rings. The van der Waals surface area contributed by atoms with Crippen LogP contribution in [0.3, 0.4) is 0 Å². The molecular weight excluding hydrogens is 380 g/mol. The van der Waals surface area contributed by atoms with Gasteiger partial charge in [0.25, 0.3) is 5.91 Å². The molecule has 27 heavy (non-hydrogen) atoms. The minimum absolute atomic E-state index is 0.0348. The van der Waals surface area contributed by atoms with Crippen LogP contribution in [0.2, 0.25) is 5.02 Å². The Bertz CT molecular complexity index is 747. The molecule has 0 bridgehead atoms. The smallest absolute Gasteiger partial charge is 0.328 e. The van der Waals surface area contributed by atoms with Crippen molar-refractivity contribution < 1.29 is 27.8 Å². The molecular formula is C19H20ClF2NO4. The highest BCUT2D eigenvalue weighted by atomic mass is 35.5. The number of rotatable bonds is 6. The Kier molecular flexibility index (Phi) is 5.99. The molecule has 1 fully saturated rings. The van der Waals surface area contributed by atoms with Gasteiger partial charge >= 0.3 is 5.97 Å².